The fourth-order valence-electron chi connectivity index (χ4n) is 0.918. The van der Waals surface area contributed by atoms with Crippen LogP contribution in [0.4, 0.5) is 0 Å². The maximum atomic E-state index is 10.9. The number of hydrogen-bond acceptors (Lipinski definition) is 4. The van der Waals surface area contributed by atoms with E-state index in [-0.39, 0.29) is 37.3 Å². The maximum absolute atomic E-state index is 10.9. The van der Waals surface area contributed by atoms with Crippen LogP contribution in [0.1, 0.15) is 30.5 Å². The molecule has 7 heteroatoms. The summed E-state index contributed by atoms with van der Waals surface area (Å²) >= 11 is 1.56. The van der Waals surface area contributed by atoms with Gasteiger partial charge in [0.2, 0.25) is 5.91 Å². The lowest BCUT2D eigenvalue weighted by Gasteiger charge is -2.00. The second kappa shape index (κ2) is 8.75. The van der Waals surface area contributed by atoms with Crippen molar-refractivity contribution in [3.63, 3.8) is 0 Å². The summed E-state index contributed by atoms with van der Waals surface area (Å²) < 4.78 is 0. The first-order valence-electron chi connectivity index (χ1n) is 4.54. The molecule has 3 N–H and O–H groups in total. The molecule has 0 saturated heterocycles. The third-order valence-corrected chi connectivity index (χ3v) is 2.65. The molecule has 0 radical (unpaired) electrons. The highest BCUT2D eigenvalue weighted by atomic mass is 35.5. The highest BCUT2D eigenvalue weighted by Gasteiger charge is 2.05. The normalized spacial score (nSPS) is 9.25. The second-order valence-electron chi connectivity index (χ2n) is 3.30. The summed E-state index contributed by atoms with van der Waals surface area (Å²) in [6.45, 7) is 4.70. The van der Waals surface area contributed by atoms with Crippen molar-refractivity contribution < 1.29 is 4.79 Å². The van der Waals surface area contributed by atoms with Gasteiger partial charge in [-0.1, -0.05) is 13.8 Å². The average molecular weight is 286 g/mol. The average Bonchev–Trinajstić information content (AvgIpc) is 2.62. The molecule has 0 aliphatic heterocycles. The summed E-state index contributed by atoms with van der Waals surface area (Å²) in [7, 11) is 0. The van der Waals surface area contributed by atoms with Crippen molar-refractivity contribution in [1.29, 1.82) is 0 Å². The van der Waals surface area contributed by atoms with Gasteiger partial charge in [0.25, 0.3) is 0 Å². The molecule has 0 spiro atoms. The quantitative estimate of drug-likeness (QED) is 0.885. The maximum Gasteiger partial charge on any atom is 0.234 e. The Morgan fingerprint density at radius 2 is 2.19 bits per heavy atom. The third kappa shape index (κ3) is 5.65. The zero-order valence-corrected chi connectivity index (χ0v) is 11.7. The molecule has 0 aliphatic carbocycles. The lowest BCUT2D eigenvalue weighted by Crippen LogP contribution is -2.29. The van der Waals surface area contributed by atoms with E-state index in [0.29, 0.717) is 12.5 Å². The highest BCUT2D eigenvalue weighted by molar-refractivity contribution is 7.09. The van der Waals surface area contributed by atoms with E-state index in [0.717, 1.165) is 10.7 Å². The Labute approximate surface area is 112 Å². The van der Waals surface area contributed by atoms with Gasteiger partial charge in [-0.15, -0.1) is 36.2 Å². The van der Waals surface area contributed by atoms with Gasteiger partial charge in [0.15, 0.2) is 0 Å². The molecule has 1 amide bonds. The van der Waals surface area contributed by atoms with Crippen molar-refractivity contribution in [2.75, 3.05) is 6.54 Å². The van der Waals surface area contributed by atoms with Crippen molar-refractivity contribution >= 4 is 42.1 Å². The Bertz CT molecular complexity index is 317. The topological polar surface area (TPSA) is 68.0 Å². The number of aromatic nitrogens is 1. The summed E-state index contributed by atoms with van der Waals surface area (Å²) in [6, 6.07) is 0. The largest absolute Gasteiger partial charge is 0.348 e. The zero-order valence-electron chi connectivity index (χ0n) is 9.23. The molecule has 1 rings (SSSR count). The van der Waals surface area contributed by atoms with Gasteiger partial charge in [0, 0.05) is 5.38 Å². The van der Waals surface area contributed by atoms with Gasteiger partial charge in [0.05, 0.1) is 18.8 Å². The van der Waals surface area contributed by atoms with Crippen LogP contribution in [0.15, 0.2) is 5.38 Å². The predicted octanol–water partition coefficient (Wildman–Crippen LogP) is 1.69. The molecule has 1 heterocycles. The number of nitrogens with one attached hydrogen (secondary N) is 1. The molecule has 0 aliphatic rings. The highest BCUT2D eigenvalue weighted by Crippen LogP contribution is 2.17. The zero-order chi connectivity index (χ0) is 10.6. The van der Waals surface area contributed by atoms with E-state index in [1.54, 1.807) is 11.3 Å². The number of amides is 1. The molecule has 1 aromatic rings. The van der Waals surface area contributed by atoms with Crippen LogP contribution in [0, 0.1) is 0 Å². The van der Waals surface area contributed by atoms with Crippen molar-refractivity contribution in [3.05, 3.63) is 16.1 Å². The van der Waals surface area contributed by atoms with Crippen molar-refractivity contribution in [2.45, 2.75) is 26.3 Å². The van der Waals surface area contributed by atoms with E-state index in [1.165, 1.54) is 0 Å². The van der Waals surface area contributed by atoms with E-state index in [4.69, 9.17) is 5.73 Å². The monoisotopic (exact) mass is 285 g/mol. The van der Waals surface area contributed by atoms with E-state index >= 15 is 0 Å². The number of thiazole rings is 1. The number of halogens is 2. The summed E-state index contributed by atoms with van der Waals surface area (Å²) in [5.41, 5.74) is 6.24. The molecule has 0 aromatic carbocycles. The van der Waals surface area contributed by atoms with Gasteiger partial charge in [-0.3, -0.25) is 4.79 Å². The minimum Gasteiger partial charge on any atom is -0.348 e. The SMILES string of the molecule is CC(C)c1csc(CNC(=O)CN)n1.Cl.Cl. The molecule has 0 saturated carbocycles. The fraction of sp³-hybridized carbons (Fsp3) is 0.556. The summed E-state index contributed by atoms with van der Waals surface area (Å²) in [5.74, 6) is 0.288. The molecule has 0 fully saturated rings. The van der Waals surface area contributed by atoms with Gasteiger partial charge in [-0.05, 0) is 5.92 Å². The Morgan fingerprint density at radius 3 is 2.62 bits per heavy atom. The van der Waals surface area contributed by atoms with Crippen LogP contribution in [-0.4, -0.2) is 17.4 Å². The predicted molar refractivity (Wildman–Crippen MR) is 71.6 cm³/mol. The molecule has 94 valence electrons. The molecule has 0 bridgehead atoms. The number of nitrogens with zero attached hydrogens (tertiary/aromatic N) is 1. The molecule has 1 aromatic heterocycles. The second-order valence-corrected chi connectivity index (χ2v) is 4.24. The molecule has 0 atom stereocenters. The first-order valence-corrected chi connectivity index (χ1v) is 5.42. The Kier molecular flexibility index (Phi) is 9.86. The van der Waals surface area contributed by atoms with Crippen LogP contribution in [0.3, 0.4) is 0 Å². The van der Waals surface area contributed by atoms with Gasteiger partial charge in [-0.2, -0.15) is 0 Å². The van der Waals surface area contributed by atoms with Crippen molar-refractivity contribution in [3.8, 4) is 0 Å². The Balaban J connectivity index is 0. The van der Waals surface area contributed by atoms with Gasteiger partial charge in [-0.25, -0.2) is 4.98 Å². The van der Waals surface area contributed by atoms with Gasteiger partial charge >= 0.3 is 0 Å². The van der Waals surface area contributed by atoms with Crippen LogP contribution in [-0.2, 0) is 11.3 Å². The Hall–Kier alpha value is -0.360. The number of rotatable bonds is 4. The molecular formula is C9H17Cl2N3OS. The standard InChI is InChI=1S/C9H15N3OS.2ClH/c1-6(2)7-5-14-9(12-7)4-11-8(13)3-10;;/h5-6H,3-4,10H2,1-2H3,(H,11,13);2*1H. The van der Waals surface area contributed by atoms with E-state index in [1.807, 2.05) is 5.38 Å². The lowest BCUT2D eigenvalue weighted by molar-refractivity contribution is -0.119. The number of nitrogens with two attached hydrogens (primary N) is 1. The first-order chi connectivity index (χ1) is 6.63. The summed E-state index contributed by atoms with van der Waals surface area (Å²) in [6.07, 6.45) is 0. The third-order valence-electron chi connectivity index (χ3n) is 1.78. The summed E-state index contributed by atoms with van der Waals surface area (Å²) in [5, 5.41) is 5.63. The molecular weight excluding hydrogens is 269 g/mol. The van der Waals surface area contributed by atoms with E-state index < -0.39 is 0 Å². The minimum absolute atomic E-state index is 0. The number of carbonyl (C=O) groups excluding carboxylic acids is 1. The van der Waals surface area contributed by atoms with Crippen molar-refractivity contribution in [1.82, 2.24) is 10.3 Å². The number of hydrogen-bond donors (Lipinski definition) is 2. The Morgan fingerprint density at radius 1 is 1.56 bits per heavy atom. The summed E-state index contributed by atoms with van der Waals surface area (Å²) in [4.78, 5) is 15.2. The number of carbonyl (C=O) groups is 1. The molecule has 16 heavy (non-hydrogen) atoms. The smallest absolute Gasteiger partial charge is 0.234 e. The van der Waals surface area contributed by atoms with Crippen LogP contribution < -0.4 is 11.1 Å². The van der Waals surface area contributed by atoms with Crippen LogP contribution in [0.5, 0.6) is 0 Å². The first kappa shape index (κ1) is 18.0. The fourth-order valence-corrected chi connectivity index (χ4v) is 1.81. The van der Waals surface area contributed by atoms with Gasteiger partial charge < -0.3 is 11.1 Å². The van der Waals surface area contributed by atoms with E-state index in [9.17, 15) is 4.79 Å². The molecule has 0 unspecified atom stereocenters. The lowest BCUT2D eigenvalue weighted by atomic mass is 10.2. The van der Waals surface area contributed by atoms with Crippen molar-refractivity contribution in [2.24, 2.45) is 5.73 Å². The molecule has 4 nitrogen and oxygen atoms in total. The van der Waals surface area contributed by atoms with Crippen LogP contribution in [0.25, 0.3) is 0 Å². The van der Waals surface area contributed by atoms with Crippen LogP contribution in [0.2, 0.25) is 0 Å². The minimum atomic E-state index is -0.147. The van der Waals surface area contributed by atoms with Gasteiger partial charge in [0.1, 0.15) is 5.01 Å². The van der Waals surface area contributed by atoms with Crippen LogP contribution >= 0.6 is 36.2 Å². The van der Waals surface area contributed by atoms with E-state index in [2.05, 4.69) is 24.1 Å².